The van der Waals surface area contributed by atoms with Crippen LogP contribution < -0.4 is 9.64 Å². The van der Waals surface area contributed by atoms with Gasteiger partial charge in [-0.05, 0) is 18.2 Å². The quantitative estimate of drug-likeness (QED) is 0.472. The maximum atomic E-state index is 14.3. The van der Waals surface area contributed by atoms with E-state index in [0.717, 1.165) is 11.2 Å². The molecule has 0 spiro atoms. The number of anilines is 1. The van der Waals surface area contributed by atoms with E-state index >= 15 is 0 Å². The Hall–Kier alpha value is -3.72. The number of carbonyl (C=O) groups is 1. The highest BCUT2D eigenvalue weighted by Crippen LogP contribution is 2.40. The van der Waals surface area contributed by atoms with Crippen LogP contribution in [0.3, 0.4) is 0 Å². The molecule has 0 radical (unpaired) electrons. The lowest BCUT2D eigenvalue weighted by atomic mass is 10.2. The summed E-state index contributed by atoms with van der Waals surface area (Å²) in [6.45, 7) is 5.95. The Morgan fingerprint density at radius 2 is 2.03 bits per heavy atom. The largest absolute Gasteiger partial charge is 0.453 e. The van der Waals surface area contributed by atoms with Crippen LogP contribution >= 0.6 is 11.6 Å². The van der Waals surface area contributed by atoms with Gasteiger partial charge in [-0.2, -0.15) is 5.10 Å². The van der Waals surface area contributed by atoms with Crippen molar-refractivity contribution in [3.63, 3.8) is 0 Å². The molecule has 2 aromatic carbocycles. The molecule has 0 atom stereocenters. The summed E-state index contributed by atoms with van der Waals surface area (Å²) in [5, 5.41) is 7.89. The van der Waals surface area contributed by atoms with Crippen molar-refractivity contribution in [2.75, 3.05) is 31.1 Å². The summed E-state index contributed by atoms with van der Waals surface area (Å²) in [4.78, 5) is 24.6. The molecule has 1 aliphatic rings. The van der Waals surface area contributed by atoms with Gasteiger partial charge in [0.1, 0.15) is 28.5 Å². The minimum atomic E-state index is -0.610. The Bertz CT molecular complexity index is 1350. The Balaban J connectivity index is 1.51. The van der Waals surface area contributed by atoms with E-state index in [-0.39, 0.29) is 16.7 Å². The number of aromatic nitrogens is 4. The van der Waals surface area contributed by atoms with Crippen LogP contribution in [0.5, 0.6) is 11.5 Å². The number of halogens is 2. The zero-order chi connectivity index (χ0) is 22.2. The van der Waals surface area contributed by atoms with Crippen molar-refractivity contribution in [2.24, 2.45) is 0 Å². The minimum Gasteiger partial charge on any atom is -0.453 e. The van der Waals surface area contributed by atoms with Crippen LogP contribution in [0.4, 0.5) is 10.2 Å². The standard InChI is InChI=1S/C22H18ClFN6O2/c1-2-18(31)29-6-8-30(9-7-29)22-13-4-3-5-17(20(13)25-12-26-22)32-21-14-11-27-28-16(14)10-15(24)19(21)23/h2-5,10-12H,1,6-9H2,(H,27,28). The summed E-state index contributed by atoms with van der Waals surface area (Å²) in [6, 6.07) is 6.74. The van der Waals surface area contributed by atoms with Crippen LogP contribution in [0.15, 0.2) is 49.4 Å². The van der Waals surface area contributed by atoms with Gasteiger partial charge in [0.15, 0.2) is 11.5 Å². The second-order valence-electron chi connectivity index (χ2n) is 7.30. The molecule has 1 N–H and O–H groups in total. The summed E-state index contributed by atoms with van der Waals surface area (Å²) in [7, 11) is 0. The number of H-pyrrole nitrogens is 1. The fraction of sp³-hybridized carbons (Fsp3) is 0.182. The summed E-state index contributed by atoms with van der Waals surface area (Å²) < 4.78 is 20.4. The van der Waals surface area contributed by atoms with E-state index in [0.29, 0.717) is 48.3 Å². The number of ether oxygens (including phenoxy) is 1. The molecule has 0 aliphatic carbocycles. The number of rotatable bonds is 4. The maximum absolute atomic E-state index is 14.3. The summed E-state index contributed by atoms with van der Waals surface area (Å²) >= 11 is 6.21. The van der Waals surface area contributed by atoms with Gasteiger partial charge in [-0.15, -0.1) is 0 Å². The maximum Gasteiger partial charge on any atom is 0.246 e. The highest BCUT2D eigenvalue weighted by atomic mass is 35.5. The molecule has 1 amide bonds. The first kappa shape index (κ1) is 20.2. The molecule has 8 nitrogen and oxygen atoms in total. The fourth-order valence-corrected chi connectivity index (χ4v) is 4.06. The monoisotopic (exact) mass is 452 g/mol. The number of hydrogen-bond donors (Lipinski definition) is 1. The molecule has 5 rings (SSSR count). The number of aromatic amines is 1. The van der Waals surface area contributed by atoms with Gasteiger partial charge in [0.25, 0.3) is 0 Å². The second-order valence-corrected chi connectivity index (χ2v) is 7.68. The molecule has 162 valence electrons. The number of amides is 1. The van der Waals surface area contributed by atoms with Gasteiger partial charge in [0.2, 0.25) is 5.91 Å². The number of benzene rings is 2. The molecular formula is C22H18ClFN6O2. The average molecular weight is 453 g/mol. The van der Waals surface area contributed by atoms with E-state index < -0.39 is 5.82 Å². The lowest BCUT2D eigenvalue weighted by Gasteiger charge is -2.35. The van der Waals surface area contributed by atoms with Crippen LogP contribution in [0.2, 0.25) is 5.02 Å². The fourth-order valence-electron chi connectivity index (χ4n) is 3.86. The smallest absolute Gasteiger partial charge is 0.246 e. The van der Waals surface area contributed by atoms with Crippen LogP contribution in [0.1, 0.15) is 0 Å². The molecule has 3 heterocycles. The molecule has 0 saturated carbocycles. The van der Waals surface area contributed by atoms with Crippen molar-refractivity contribution in [1.82, 2.24) is 25.1 Å². The van der Waals surface area contributed by atoms with Gasteiger partial charge < -0.3 is 14.5 Å². The number of para-hydroxylation sites is 1. The Kier molecular flexibility index (Phi) is 5.10. The summed E-state index contributed by atoms with van der Waals surface area (Å²) in [5.74, 6) is 0.637. The normalized spacial score (nSPS) is 14.2. The predicted octanol–water partition coefficient (Wildman–Crippen LogP) is 3.93. The minimum absolute atomic E-state index is 0.0783. The summed E-state index contributed by atoms with van der Waals surface area (Å²) in [6.07, 6.45) is 4.33. The van der Waals surface area contributed by atoms with Gasteiger partial charge in [-0.3, -0.25) is 9.89 Å². The SMILES string of the molecule is C=CC(=O)N1CCN(c2ncnc3c(Oc4c(Cl)c(F)cc5[nH]ncc45)cccc23)CC1. The first-order valence-electron chi connectivity index (χ1n) is 9.95. The number of piperazine rings is 1. The zero-order valence-corrected chi connectivity index (χ0v) is 17.6. The number of carbonyl (C=O) groups excluding carboxylic acids is 1. The molecule has 0 unspecified atom stereocenters. The molecule has 10 heteroatoms. The molecule has 0 bridgehead atoms. The van der Waals surface area contributed by atoms with E-state index in [1.54, 1.807) is 11.0 Å². The van der Waals surface area contributed by atoms with Gasteiger partial charge in [0.05, 0.1) is 17.1 Å². The van der Waals surface area contributed by atoms with Gasteiger partial charge in [-0.25, -0.2) is 14.4 Å². The van der Waals surface area contributed by atoms with Crippen LogP contribution in [-0.2, 0) is 4.79 Å². The van der Waals surface area contributed by atoms with Crippen molar-refractivity contribution < 1.29 is 13.9 Å². The summed E-state index contributed by atoms with van der Waals surface area (Å²) in [5.41, 5.74) is 1.04. The molecule has 1 fully saturated rings. The third-order valence-corrected chi connectivity index (χ3v) is 5.83. The van der Waals surface area contributed by atoms with E-state index in [4.69, 9.17) is 16.3 Å². The highest BCUT2D eigenvalue weighted by Gasteiger charge is 2.23. The topological polar surface area (TPSA) is 87.2 Å². The first-order valence-corrected chi connectivity index (χ1v) is 10.3. The number of hydrogen-bond acceptors (Lipinski definition) is 6. The van der Waals surface area contributed by atoms with Gasteiger partial charge in [0, 0.05) is 37.6 Å². The van der Waals surface area contributed by atoms with Crippen LogP contribution in [0, 0.1) is 5.82 Å². The van der Waals surface area contributed by atoms with Crippen LogP contribution in [-0.4, -0.2) is 57.2 Å². The van der Waals surface area contributed by atoms with E-state index in [9.17, 15) is 9.18 Å². The lowest BCUT2D eigenvalue weighted by Crippen LogP contribution is -2.48. The second kappa shape index (κ2) is 8.08. The van der Waals surface area contributed by atoms with Crippen molar-refractivity contribution in [3.8, 4) is 11.5 Å². The Morgan fingerprint density at radius 1 is 1.22 bits per heavy atom. The zero-order valence-electron chi connectivity index (χ0n) is 16.9. The average Bonchev–Trinajstić information content (AvgIpc) is 3.29. The van der Waals surface area contributed by atoms with Crippen molar-refractivity contribution >= 4 is 45.1 Å². The van der Waals surface area contributed by atoms with Crippen LogP contribution in [0.25, 0.3) is 21.8 Å². The molecular weight excluding hydrogens is 435 g/mol. The van der Waals surface area contributed by atoms with E-state index in [1.807, 2.05) is 12.1 Å². The Morgan fingerprint density at radius 3 is 2.81 bits per heavy atom. The Labute approximate surface area is 187 Å². The van der Waals surface area contributed by atoms with Gasteiger partial charge >= 0.3 is 0 Å². The molecule has 4 aromatic rings. The molecule has 32 heavy (non-hydrogen) atoms. The molecule has 1 aliphatic heterocycles. The highest BCUT2D eigenvalue weighted by molar-refractivity contribution is 6.33. The lowest BCUT2D eigenvalue weighted by molar-refractivity contribution is -0.126. The predicted molar refractivity (Wildman–Crippen MR) is 120 cm³/mol. The first-order chi connectivity index (χ1) is 15.6. The van der Waals surface area contributed by atoms with Crippen molar-refractivity contribution in [2.45, 2.75) is 0 Å². The third kappa shape index (κ3) is 3.40. The van der Waals surface area contributed by atoms with Crippen molar-refractivity contribution in [3.05, 3.63) is 60.3 Å². The third-order valence-electron chi connectivity index (χ3n) is 5.48. The number of nitrogens with zero attached hydrogens (tertiary/aromatic N) is 5. The van der Waals surface area contributed by atoms with E-state index in [1.165, 1.54) is 24.7 Å². The molecule has 2 aromatic heterocycles. The molecule has 1 saturated heterocycles. The van der Waals surface area contributed by atoms with Gasteiger partial charge in [-0.1, -0.05) is 24.2 Å². The van der Waals surface area contributed by atoms with Crippen molar-refractivity contribution in [1.29, 1.82) is 0 Å². The van der Waals surface area contributed by atoms with E-state index in [2.05, 4.69) is 31.6 Å². The number of fused-ring (bicyclic) bond motifs is 2. The number of nitrogens with one attached hydrogen (secondary N) is 1.